The molecule has 146 valence electrons. The zero-order valence-electron chi connectivity index (χ0n) is 14.9. The maximum Gasteiger partial charge on any atom is 0.251 e. The van der Waals surface area contributed by atoms with Crippen LogP contribution in [0.2, 0.25) is 10.0 Å². The fourth-order valence-corrected chi connectivity index (χ4v) is 4.39. The number of carbonyl (C=O) groups is 2. The van der Waals surface area contributed by atoms with Crippen LogP contribution in [-0.4, -0.2) is 48.9 Å². The molecule has 4 rings (SSSR count). The van der Waals surface area contributed by atoms with Gasteiger partial charge in [0.25, 0.3) is 5.91 Å². The van der Waals surface area contributed by atoms with E-state index in [0.29, 0.717) is 28.8 Å². The van der Waals surface area contributed by atoms with Crippen molar-refractivity contribution in [1.29, 1.82) is 0 Å². The van der Waals surface area contributed by atoms with Crippen molar-refractivity contribution in [2.24, 2.45) is 0 Å². The number of benzene rings is 2. The first-order valence-corrected chi connectivity index (χ1v) is 10.8. The summed E-state index contributed by atoms with van der Waals surface area (Å²) >= 11 is 14.3. The van der Waals surface area contributed by atoms with Gasteiger partial charge in [0.05, 0.1) is 28.2 Å². The fourth-order valence-electron chi connectivity index (χ4n) is 3.74. The van der Waals surface area contributed by atoms with Crippen LogP contribution in [-0.2, 0) is 9.59 Å². The van der Waals surface area contributed by atoms with Gasteiger partial charge in [-0.2, -0.15) is 0 Å². The van der Waals surface area contributed by atoms with Crippen molar-refractivity contribution in [2.75, 3.05) is 36.0 Å². The summed E-state index contributed by atoms with van der Waals surface area (Å²) in [6.07, 6.45) is 0.234. The van der Waals surface area contributed by atoms with E-state index in [-0.39, 0.29) is 24.3 Å². The highest BCUT2D eigenvalue weighted by atomic mass is 127. The Hall–Kier alpha value is -1.35. The lowest BCUT2D eigenvalue weighted by Crippen LogP contribution is -2.52. The quantitative estimate of drug-likeness (QED) is 0.444. The number of halogens is 3. The molecule has 2 aromatic rings. The Balaban J connectivity index is 1.43. The number of amides is 2. The molecular weight excluding hydrogens is 512 g/mol. The minimum absolute atomic E-state index is 0.130. The van der Waals surface area contributed by atoms with Gasteiger partial charge in [-0.25, -0.2) is 4.90 Å². The van der Waals surface area contributed by atoms with Gasteiger partial charge in [0.15, 0.2) is 0 Å². The van der Waals surface area contributed by atoms with Crippen LogP contribution in [0.3, 0.4) is 0 Å². The van der Waals surface area contributed by atoms with Crippen molar-refractivity contribution in [2.45, 2.75) is 12.5 Å². The molecule has 0 aromatic heterocycles. The lowest BCUT2D eigenvalue weighted by Gasteiger charge is -2.38. The van der Waals surface area contributed by atoms with E-state index < -0.39 is 0 Å². The van der Waals surface area contributed by atoms with Gasteiger partial charge in [-0.1, -0.05) is 23.2 Å². The lowest BCUT2D eigenvalue weighted by molar-refractivity contribution is -0.123. The monoisotopic (exact) mass is 529 g/mol. The van der Waals surface area contributed by atoms with Crippen LogP contribution in [0.5, 0.6) is 0 Å². The predicted molar refractivity (Wildman–Crippen MR) is 120 cm³/mol. The summed E-state index contributed by atoms with van der Waals surface area (Å²) < 4.78 is 1.07. The number of imide groups is 1. The van der Waals surface area contributed by atoms with E-state index >= 15 is 0 Å². The Labute approximate surface area is 187 Å². The van der Waals surface area contributed by atoms with Crippen LogP contribution in [0.1, 0.15) is 6.42 Å². The van der Waals surface area contributed by atoms with E-state index in [4.69, 9.17) is 23.2 Å². The molecule has 2 heterocycles. The standard InChI is InChI=1S/C20H18Cl2IN3O2/c21-16-6-5-15(11-17(16)22)24-7-9-25(10-8-24)18-12-19(27)26(20(18)28)14-3-1-13(23)2-4-14/h1-6,11,18H,7-10,12H2/t18-/m0/s1. The highest BCUT2D eigenvalue weighted by Crippen LogP contribution is 2.30. The Morgan fingerprint density at radius 2 is 1.50 bits per heavy atom. The van der Waals surface area contributed by atoms with Crippen LogP contribution in [0, 0.1) is 3.57 Å². The predicted octanol–water partition coefficient (Wildman–Crippen LogP) is 4.05. The van der Waals surface area contributed by atoms with Crippen LogP contribution >= 0.6 is 45.8 Å². The number of nitrogens with zero attached hydrogens (tertiary/aromatic N) is 3. The van der Waals surface area contributed by atoms with Crippen molar-refractivity contribution in [3.8, 4) is 0 Å². The van der Waals surface area contributed by atoms with Crippen LogP contribution in [0.15, 0.2) is 42.5 Å². The smallest absolute Gasteiger partial charge is 0.251 e. The molecule has 1 atom stereocenters. The van der Waals surface area contributed by atoms with Crippen molar-refractivity contribution >= 4 is 69.0 Å². The molecule has 0 aliphatic carbocycles. The van der Waals surface area contributed by atoms with E-state index in [2.05, 4.69) is 32.4 Å². The Bertz CT molecular complexity index is 914. The number of hydrogen-bond acceptors (Lipinski definition) is 4. The second-order valence-corrected chi connectivity index (χ2v) is 8.95. The van der Waals surface area contributed by atoms with Gasteiger partial charge in [-0.15, -0.1) is 0 Å². The minimum atomic E-state index is -0.386. The van der Waals surface area contributed by atoms with Gasteiger partial charge in [0, 0.05) is 35.4 Å². The Morgan fingerprint density at radius 1 is 0.857 bits per heavy atom. The van der Waals surface area contributed by atoms with Gasteiger partial charge < -0.3 is 4.90 Å². The Morgan fingerprint density at radius 3 is 2.14 bits per heavy atom. The molecule has 0 spiro atoms. The number of rotatable bonds is 3. The van der Waals surface area contributed by atoms with E-state index in [9.17, 15) is 9.59 Å². The molecular formula is C20H18Cl2IN3O2. The molecule has 0 saturated carbocycles. The average molecular weight is 530 g/mol. The maximum absolute atomic E-state index is 13.0. The molecule has 0 bridgehead atoms. The first-order valence-electron chi connectivity index (χ1n) is 9.00. The maximum atomic E-state index is 13.0. The molecule has 2 aliphatic heterocycles. The second-order valence-electron chi connectivity index (χ2n) is 6.89. The molecule has 0 N–H and O–H groups in total. The first-order chi connectivity index (χ1) is 13.4. The summed E-state index contributed by atoms with van der Waals surface area (Å²) in [5.41, 5.74) is 1.66. The lowest BCUT2D eigenvalue weighted by atomic mass is 10.1. The third-order valence-electron chi connectivity index (χ3n) is 5.23. The van der Waals surface area contributed by atoms with Crippen molar-refractivity contribution in [3.63, 3.8) is 0 Å². The largest absolute Gasteiger partial charge is 0.369 e. The molecule has 2 fully saturated rings. The van der Waals surface area contributed by atoms with E-state index in [1.807, 2.05) is 36.4 Å². The zero-order chi connectivity index (χ0) is 19.8. The van der Waals surface area contributed by atoms with E-state index in [1.165, 1.54) is 4.90 Å². The van der Waals surface area contributed by atoms with Crippen LogP contribution in [0.25, 0.3) is 0 Å². The summed E-state index contributed by atoms with van der Waals surface area (Å²) in [5.74, 6) is -0.266. The zero-order valence-corrected chi connectivity index (χ0v) is 18.6. The summed E-state index contributed by atoms with van der Waals surface area (Å²) in [4.78, 5) is 31.1. The Kier molecular flexibility index (Phi) is 5.83. The summed E-state index contributed by atoms with van der Waals surface area (Å²) in [5, 5.41) is 1.07. The number of hydrogen-bond donors (Lipinski definition) is 0. The van der Waals surface area contributed by atoms with Crippen molar-refractivity contribution < 1.29 is 9.59 Å². The highest BCUT2D eigenvalue weighted by Gasteiger charge is 2.43. The third kappa shape index (κ3) is 3.87. The number of anilines is 2. The average Bonchev–Trinajstić information content (AvgIpc) is 2.99. The van der Waals surface area contributed by atoms with E-state index in [0.717, 1.165) is 22.3 Å². The SMILES string of the molecule is O=C1C[C@H](N2CCN(c3ccc(Cl)c(Cl)c3)CC2)C(=O)N1c1ccc(I)cc1. The molecule has 2 aliphatic rings. The van der Waals surface area contributed by atoms with Gasteiger partial charge in [0.1, 0.15) is 0 Å². The molecule has 2 aromatic carbocycles. The van der Waals surface area contributed by atoms with Gasteiger partial charge >= 0.3 is 0 Å². The second kappa shape index (κ2) is 8.18. The van der Waals surface area contributed by atoms with Gasteiger partial charge in [-0.05, 0) is 65.1 Å². The van der Waals surface area contributed by atoms with Gasteiger partial charge in [0.2, 0.25) is 5.91 Å². The summed E-state index contributed by atoms with van der Waals surface area (Å²) in [6.45, 7) is 2.95. The topological polar surface area (TPSA) is 43.9 Å². The van der Waals surface area contributed by atoms with Crippen LogP contribution < -0.4 is 9.80 Å². The fraction of sp³-hybridized carbons (Fsp3) is 0.300. The molecule has 2 amide bonds. The first kappa shape index (κ1) is 19.9. The molecule has 8 heteroatoms. The van der Waals surface area contributed by atoms with Crippen molar-refractivity contribution in [1.82, 2.24) is 4.90 Å². The van der Waals surface area contributed by atoms with Gasteiger partial charge in [-0.3, -0.25) is 14.5 Å². The highest BCUT2D eigenvalue weighted by molar-refractivity contribution is 14.1. The molecule has 0 unspecified atom stereocenters. The minimum Gasteiger partial charge on any atom is -0.369 e. The van der Waals surface area contributed by atoms with Crippen LogP contribution in [0.4, 0.5) is 11.4 Å². The number of carbonyl (C=O) groups excluding carboxylic acids is 2. The molecule has 28 heavy (non-hydrogen) atoms. The molecule has 2 saturated heterocycles. The third-order valence-corrected chi connectivity index (χ3v) is 6.69. The normalized spacial score (nSPS) is 20.9. The molecule has 5 nitrogen and oxygen atoms in total. The van der Waals surface area contributed by atoms with E-state index in [1.54, 1.807) is 6.07 Å². The molecule has 0 radical (unpaired) electrons. The number of piperazine rings is 1. The van der Waals surface area contributed by atoms with Crippen molar-refractivity contribution in [3.05, 3.63) is 56.1 Å². The summed E-state index contributed by atoms with van der Waals surface area (Å²) in [7, 11) is 0. The summed E-state index contributed by atoms with van der Waals surface area (Å²) in [6, 6.07) is 12.7.